The van der Waals surface area contributed by atoms with E-state index in [1.807, 2.05) is 18.2 Å². The maximum Gasteiger partial charge on any atom is 0.267 e. The fraction of sp³-hybridized carbons (Fsp3) is 0.320. The molecule has 8 nitrogen and oxygen atoms in total. The van der Waals surface area contributed by atoms with Gasteiger partial charge in [0, 0.05) is 48.9 Å². The molecule has 1 amide bonds. The number of aromatic nitrogens is 1. The molecule has 4 rings (SSSR count). The number of para-hydroxylation sites is 1. The third-order valence-electron chi connectivity index (χ3n) is 6.30. The van der Waals surface area contributed by atoms with E-state index < -0.39 is 15.9 Å². The second-order valence-electron chi connectivity index (χ2n) is 8.63. The molecule has 4 N–H and O–H groups in total. The minimum Gasteiger partial charge on any atom is -0.361 e. The first-order valence-corrected chi connectivity index (χ1v) is 13.2. The van der Waals surface area contributed by atoms with Gasteiger partial charge in [0.15, 0.2) is 0 Å². The highest BCUT2D eigenvalue weighted by molar-refractivity contribution is 7.88. The van der Waals surface area contributed by atoms with Gasteiger partial charge in [0.25, 0.3) is 5.91 Å². The fourth-order valence-corrected chi connectivity index (χ4v) is 5.17. The molecule has 0 bridgehead atoms. The van der Waals surface area contributed by atoms with Crippen molar-refractivity contribution in [3.8, 4) is 0 Å². The molecule has 1 heterocycles. The van der Waals surface area contributed by atoms with Crippen LogP contribution in [-0.2, 0) is 27.7 Å². The van der Waals surface area contributed by atoms with Crippen LogP contribution in [0.25, 0.3) is 17.0 Å². The minimum absolute atomic E-state index is 0.195. The number of benzene rings is 2. The minimum atomic E-state index is -3.25. The highest BCUT2D eigenvalue weighted by Gasteiger charge is 2.28. The van der Waals surface area contributed by atoms with Crippen LogP contribution in [0.4, 0.5) is 0 Å². The summed E-state index contributed by atoms with van der Waals surface area (Å²) in [6.07, 6.45) is 8.92. The Morgan fingerprint density at radius 3 is 2.85 bits per heavy atom. The molecule has 0 spiro atoms. The Bertz CT molecular complexity index is 1300. The quantitative estimate of drug-likeness (QED) is 0.202. The van der Waals surface area contributed by atoms with Gasteiger partial charge < -0.3 is 4.98 Å². The van der Waals surface area contributed by atoms with Gasteiger partial charge in [0.2, 0.25) is 10.0 Å². The summed E-state index contributed by atoms with van der Waals surface area (Å²) in [7, 11) is -3.25. The summed E-state index contributed by atoms with van der Waals surface area (Å²) in [6.45, 7) is 1.77. The Labute approximate surface area is 199 Å². The fourth-order valence-electron chi connectivity index (χ4n) is 4.71. The molecule has 2 aromatic carbocycles. The molecule has 0 saturated carbocycles. The Balaban J connectivity index is 1.52. The summed E-state index contributed by atoms with van der Waals surface area (Å²) in [5.41, 5.74) is 7.32. The second kappa shape index (κ2) is 10.5. The summed E-state index contributed by atoms with van der Waals surface area (Å²) in [4.78, 5) is 17.0. The molecule has 9 heteroatoms. The summed E-state index contributed by atoms with van der Waals surface area (Å²) < 4.78 is 25.8. The second-order valence-corrected chi connectivity index (χ2v) is 10.5. The van der Waals surface area contributed by atoms with Crippen LogP contribution in [0.15, 0.2) is 54.7 Å². The van der Waals surface area contributed by atoms with Gasteiger partial charge in [-0.15, -0.1) is 0 Å². The van der Waals surface area contributed by atoms with E-state index in [0.717, 1.165) is 36.9 Å². The number of hydrogen-bond acceptors (Lipinski definition) is 5. The number of nitrogens with zero attached hydrogens (tertiary/aromatic N) is 1. The van der Waals surface area contributed by atoms with E-state index in [9.17, 15) is 13.2 Å². The molecule has 1 aliphatic carbocycles. The lowest BCUT2D eigenvalue weighted by atomic mass is 10.0. The summed E-state index contributed by atoms with van der Waals surface area (Å²) in [6, 6.07) is 14.6. The molecule has 1 unspecified atom stereocenters. The number of aryl methyl sites for hydroxylation is 1. The van der Waals surface area contributed by atoms with E-state index >= 15 is 0 Å². The number of nitrogens with one attached hydrogen (secondary N) is 3. The number of carbonyl (C=O) groups excluding carboxylic acids is 1. The van der Waals surface area contributed by atoms with Crippen LogP contribution in [0.5, 0.6) is 0 Å². The number of rotatable bonds is 10. The number of hydroxylamine groups is 1. The number of amides is 1. The van der Waals surface area contributed by atoms with Gasteiger partial charge in [-0.1, -0.05) is 36.4 Å². The zero-order chi connectivity index (χ0) is 24.1. The molecule has 1 atom stereocenters. The van der Waals surface area contributed by atoms with Crippen molar-refractivity contribution >= 4 is 32.9 Å². The third kappa shape index (κ3) is 5.92. The van der Waals surface area contributed by atoms with E-state index in [-0.39, 0.29) is 6.04 Å². The van der Waals surface area contributed by atoms with Crippen molar-refractivity contribution in [1.82, 2.24) is 20.1 Å². The van der Waals surface area contributed by atoms with E-state index in [1.165, 1.54) is 34.4 Å². The smallest absolute Gasteiger partial charge is 0.267 e. The van der Waals surface area contributed by atoms with Gasteiger partial charge in [0.1, 0.15) is 0 Å². The Morgan fingerprint density at radius 2 is 2.06 bits per heavy atom. The zero-order valence-electron chi connectivity index (χ0n) is 19.1. The van der Waals surface area contributed by atoms with Crippen molar-refractivity contribution in [2.45, 2.75) is 25.3 Å². The number of H-pyrrole nitrogens is 1. The first-order chi connectivity index (χ1) is 16.3. The molecule has 0 radical (unpaired) electrons. The highest BCUT2D eigenvalue weighted by atomic mass is 32.2. The van der Waals surface area contributed by atoms with Crippen LogP contribution in [-0.4, -0.2) is 55.3 Å². The number of fused-ring (bicyclic) bond motifs is 2. The average Bonchev–Trinajstić information content (AvgIpc) is 3.43. The topological polar surface area (TPSA) is 115 Å². The predicted molar refractivity (Wildman–Crippen MR) is 133 cm³/mol. The molecule has 1 aliphatic rings. The molecule has 0 saturated heterocycles. The Morgan fingerprint density at radius 1 is 1.24 bits per heavy atom. The van der Waals surface area contributed by atoms with Crippen molar-refractivity contribution in [3.05, 3.63) is 77.0 Å². The van der Waals surface area contributed by atoms with Crippen LogP contribution >= 0.6 is 0 Å². The molecule has 1 aromatic heterocycles. The molecular formula is C25H30N4O4S. The number of aromatic amines is 1. The van der Waals surface area contributed by atoms with Crippen molar-refractivity contribution < 1.29 is 18.4 Å². The van der Waals surface area contributed by atoms with Crippen LogP contribution in [0, 0.1) is 0 Å². The third-order valence-corrected chi connectivity index (χ3v) is 7.03. The summed E-state index contributed by atoms with van der Waals surface area (Å²) in [5, 5.41) is 9.88. The molecule has 3 aromatic rings. The van der Waals surface area contributed by atoms with Gasteiger partial charge in [-0.2, -0.15) is 0 Å². The van der Waals surface area contributed by atoms with Gasteiger partial charge in [-0.05, 0) is 53.7 Å². The lowest BCUT2D eigenvalue weighted by Crippen LogP contribution is -2.37. The van der Waals surface area contributed by atoms with Crippen LogP contribution < -0.4 is 10.2 Å². The highest BCUT2D eigenvalue weighted by Crippen LogP contribution is 2.36. The number of hydrogen-bond donors (Lipinski definition) is 4. The maximum absolute atomic E-state index is 11.6. The molecule has 0 aliphatic heterocycles. The van der Waals surface area contributed by atoms with E-state index in [0.29, 0.717) is 13.1 Å². The summed E-state index contributed by atoms with van der Waals surface area (Å²) in [5.74, 6) is -0.569. The van der Waals surface area contributed by atoms with Crippen LogP contribution in [0.1, 0.15) is 34.7 Å². The molecule has 180 valence electrons. The van der Waals surface area contributed by atoms with Crippen molar-refractivity contribution in [3.63, 3.8) is 0 Å². The van der Waals surface area contributed by atoms with Gasteiger partial charge >= 0.3 is 0 Å². The average molecular weight is 483 g/mol. The summed E-state index contributed by atoms with van der Waals surface area (Å²) >= 11 is 0. The van der Waals surface area contributed by atoms with Gasteiger partial charge in [-0.3, -0.25) is 14.9 Å². The first kappa shape index (κ1) is 24.2. The van der Waals surface area contributed by atoms with Gasteiger partial charge in [-0.25, -0.2) is 18.6 Å². The number of sulfonamides is 1. The molecule has 0 fully saturated rings. The van der Waals surface area contributed by atoms with E-state index in [2.05, 4.69) is 45.1 Å². The lowest BCUT2D eigenvalue weighted by molar-refractivity contribution is -0.124. The van der Waals surface area contributed by atoms with Gasteiger partial charge in [0.05, 0.1) is 6.26 Å². The maximum atomic E-state index is 11.6. The molecular weight excluding hydrogens is 452 g/mol. The van der Waals surface area contributed by atoms with E-state index in [4.69, 9.17) is 5.21 Å². The van der Waals surface area contributed by atoms with Crippen LogP contribution in [0.3, 0.4) is 0 Å². The van der Waals surface area contributed by atoms with Crippen molar-refractivity contribution in [2.24, 2.45) is 0 Å². The standard InChI is InChI=1S/C25H30N4O4S/c1-34(32,33)27-13-15-29(14-12-20-17-26-23-5-3-2-4-21(20)23)24-10-8-19-16-18(6-9-22(19)24)7-11-25(30)28-31/h2-7,9,11,16-17,24,26-27,31H,8,10,12-15H2,1H3,(H,28,30)/b11-7+. The molecule has 34 heavy (non-hydrogen) atoms. The van der Waals surface area contributed by atoms with E-state index in [1.54, 1.807) is 11.6 Å². The monoisotopic (exact) mass is 482 g/mol. The van der Waals surface area contributed by atoms with Crippen LogP contribution in [0.2, 0.25) is 0 Å². The SMILES string of the molecule is CS(=O)(=O)NCCN(CCc1c[nH]c2ccccc12)C1CCc2cc(/C=C/C(=O)NO)ccc21. The largest absolute Gasteiger partial charge is 0.361 e. The zero-order valence-corrected chi connectivity index (χ0v) is 19.9. The first-order valence-electron chi connectivity index (χ1n) is 11.3. The normalized spacial score (nSPS) is 15.9. The lowest BCUT2D eigenvalue weighted by Gasteiger charge is -2.30. The predicted octanol–water partition coefficient (Wildman–Crippen LogP) is 2.77. The Kier molecular flexibility index (Phi) is 7.47. The van der Waals surface area contributed by atoms with Crippen molar-refractivity contribution in [1.29, 1.82) is 0 Å². The van der Waals surface area contributed by atoms with Crippen molar-refractivity contribution in [2.75, 3.05) is 25.9 Å². The number of carbonyl (C=O) groups is 1. The Hall–Kier alpha value is -2.98.